The van der Waals surface area contributed by atoms with Crippen LogP contribution in [0.15, 0.2) is 48.5 Å². The first-order valence-electron chi connectivity index (χ1n) is 6.75. The maximum atomic E-state index is 13.7. The van der Waals surface area contributed by atoms with E-state index in [1.165, 1.54) is 6.07 Å². The van der Waals surface area contributed by atoms with Crippen molar-refractivity contribution in [3.05, 3.63) is 59.9 Å². The molecule has 0 heterocycles. The zero-order chi connectivity index (χ0) is 14.4. The Hall–Kier alpha value is -2.11. The monoisotopic (exact) mass is 268 g/mol. The third-order valence-electron chi connectivity index (χ3n) is 3.01. The van der Waals surface area contributed by atoms with Crippen LogP contribution in [0.5, 0.6) is 0 Å². The van der Waals surface area contributed by atoms with Gasteiger partial charge in [0.25, 0.3) is 0 Å². The van der Waals surface area contributed by atoms with E-state index in [-0.39, 0.29) is 5.82 Å². The Kier molecular flexibility index (Phi) is 4.92. The molecule has 0 aromatic heterocycles. The lowest BCUT2D eigenvalue weighted by Crippen LogP contribution is -2.00. The number of rotatable bonds is 3. The van der Waals surface area contributed by atoms with Gasteiger partial charge >= 0.3 is 0 Å². The van der Waals surface area contributed by atoms with E-state index < -0.39 is 6.10 Å². The molecule has 0 spiro atoms. The molecule has 0 aliphatic heterocycles. The van der Waals surface area contributed by atoms with Gasteiger partial charge in [-0.2, -0.15) is 0 Å². The van der Waals surface area contributed by atoms with E-state index in [4.69, 9.17) is 0 Å². The smallest absolute Gasteiger partial charge is 0.131 e. The SMILES string of the molecule is CCCC(O)C#Cc1ccc(-c2ccccc2F)cc1. The maximum absolute atomic E-state index is 13.7. The van der Waals surface area contributed by atoms with E-state index in [1.807, 2.05) is 37.3 Å². The molecule has 2 rings (SSSR count). The first-order chi connectivity index (χ1) is 9.70. The van der Waals surface area contributed by atoms with Crippen LogP contribution in [0.25, 0.3) is 11.1 Å². The Morgan fingerprint density at radius 3 is 2.45 bits per heavy atom. The summed E-state index contributed by atoms with van der Waals surface area (Å²) in [6.45, 7) is 2.01. The highest BCUT2D eigenvalue weighted by molar-refractivity contribution is 5.64. The topological polar surface area (TPSA) is 20.2 Å². The van der Waals surface area contributed by atoms with Gasteiger partial charge in [0.05, 0.1) is 0 Å². The van der Waals surface area contributed by atoms with E-state index >= 15 is 0 Å². The van der Waals surface area contributed by atoms with Gasteiger partial charge in [0.1, 0.15) is 11.9 Å². The van der Waals surface area contributed by atoms with Crippen molar-refractivity contribution < 1.29 is 9.50 Å². The van der Waals surface area contributed by atoms with E-state index in [0.717, 1.165) is 17.5 Å². The van der Waals surface area contributed by atoms with Crippen LogP contribution in [-0.2, 0) is 0 Å². The normalized spacial score (nSPS) is 11.6. The summed E-state index contributed by atoms with van der Waals surface area (Å²) < 4.78 is 13.7. The minimum atomic E-state index is -0.578. The molecular formula is C18H17FO. The molecule has 0 aliphatic carbocycles. The van der Waals surface area contributed by atoms with Crippen molar-refractivity contribution in [3.8, 4) is 23.0 Å². The van der Waals surface area contributed by atoms with Gasteiger partial charge in [-0.1, -0.05) is 55.5 Å². The van der Waals surface area contributed by atoms with Crippen molar-refractivity contribution in [3.63, 3.8) is 0 Å². The second-order valence-electron chi connectivity index (χ2n) is 4.63. The minimum Gasteiger partial charge on any atom is -0.380 e. The molecule has 0 saturated heterocycles. The summed E-state index contributed by atoms with van der Waals surface area (Å²) in [4.78, 5) is 0. The number of aliphatic hydroxyl groups excluding tert-OH is 1. The lowest BCUT2D eigenvalue weighted by atomic mass is 10.0. The molecular weight excluding hydrogens is 251 g/mol. The molecule has 0 amide bonds. The zero-order valence-corrected chi connectivity index (χ0v) is 11.4. The Labute approximate surface area is 119 Å². The Bertz CT molecular complexity index is 620. The largest absolute Gasteiger partial charge is 0.380 e. The fourth-order valence-corrected chi connectivity index (χ4v) is 1.94. The third-order valence-corrected chi connectivity index (χ3v) is 3.01. The predicted molar refractivity (Wildman–Crippen MR) is 79.6 cm³/mol. The molecule has 0 saturated carbocycles. The van der Waals surface area contributed by atoms with Crippen molar-refractivity contribution in [1.29, 1.82) is 0 Å². The van der Waals surface area contributed by atoms with Crippen molar-refractivity contribution in [1.82, 2.24) is 0 Å². The van der Waals surface area contributed by atoms with Gasteiger partial charge in [-0.25, -0.2) is 4.39 Å². The van der Waals surface area contributed by atoms with Crippen LogP contribution < -0.4 is 0 Å². The summed E-state index contributed by atoms with van der Waals surface area (Å²) in [6.07, 6.45) is 1.01. The van der Waals surface area contributed by atoms with Crippen molar-refractivity contribution in [2.45, 2.75) is 25.9 Å². The van der Waals surface area contributed by atoms with E-state index in [1.54, 1.807) is 12.1 Å². The average molecular weight is 268 g/mol. The zero-order valence-electron chi connectivity index (χ0n) is 11.4. The summed E-state index contributed by atoms with van der Waals surface area (Å²) >= 11 is 0. The highest BCUT2D eigenvalue weighted by atomic mass is 19.1. The van der Waals surface area contributed by atoms with Gasteiger partial charge in [-0.3, -0.25) is 0 Å². The van der Waals surface area contributed by atoms with Crippen molar-refractivity contribution >= 4 is 0 Å². The minimum absolute atomic E-state index is 0.232. The van der Waals surface area contributed by atoms with Crippen LogP contribution in [0, 0.1) is 17.7 Å². The lowest BCUT2D eigenvalue weighted by molar-refractivity contribution is 0.221. The highest BCUT2D eigenvalue weighted by Gasteiger charge is 2.03. The molecule has 2 aromatic rings. The molecule has 1 nitrogen and oxygen atoms in total. The standard InChI is InChI=1S/C18H17FO/c1-2-5-16(20)13-10-14-8-11-15(12-9-14)17-6-3-4-7-18(17)19/h3-4,6-9,11-12,16,20H,2,5H2,1H3. The third kappa shape index (κ3) is 3.69. The first kappa shape index (κ1) is 14.3. The molecule has 1 unspecified atom stereocenters. The molecule has 2 heteroatoms. The Morgan fingerprint density at radius 1 is 1.10 bits per heavy atom. The molecule has 0 aliphatic rings. The summed E-state index contributed by atoms with van der Waals surface area (Å²) in [6, 6.07) is 14.1. The summed E-state index contributed by atoms with van der Waals surface area (Å²) in [7, 11) is 0. The van der Waals surface area contributed by atoms with Crippen molar-refractivity contribution in [2.24, 2.45) is 0 Å². The Morgan fingerprint density at radius 2 is 1.80 bits per heavy atom. The van der Waals surface area contributed by atoms with Gasteiger partial charge in [-0.05, 0) is 30.2 Å². The number of hydrogen-bond acceptors (Lipinski definition) is 1. The van der Waals surface area contributed by atoms with Crippen LogP contribution in [0.2, 0.25) is 0 Å². The first-order valence-corrected chi connectivity index (χ1v) is 6.75. The number of aliphatic hydroxyl groups is 1. The second kappa shape index (κ2) is 6.88. The van der Waals surface area contributed by atoms with Crippen LogP contribution in [0.3, 0.4) is 0 Å². The molecule has 0 bridgehead atoms. The van der Waals surface area contributed by atoms with E-state index in [9.17, 15) is 9.50 Å². The molecule has 0 radical (unpaired) electrons. The summed E-state index contributed by atoms with van der Waals surface area (Å²) in [5.41, 5.74) is 2.22. The fourth-order valence-electron chi connectivity index (χ4n) is 1.94. The number of hydrogen-bond donors (Lipinski definition) is 1. The van der Waals surface area contributed by atoms with Crippen LogP contribution in [0.1, 0.15) is 25.3 Å². The average Bonchev–Trinajstić information content (AvgIpc) is 2.47. The Balaban J connectivity index is 2.17. The van der Waals surface area contributed by atoms with Crippen LogP contribution >= 0.6 is 0 Å². The van der Waals surface area contributed by atoms with E-state index in [2.05, 4.69) is 11.8 Å². The second-order valence-corrected chi connectivity index (χ2v) is 4.63. The van der Waals surface area contributed by atoms with Gasteiger partial charge in [0, 0.05) is 11.1 Å². The van der Waals surface area contributed by atoms with Crippen LogP contribution in [0.4, 0.5) is 4.39 Å². The van der Waals surface area contributed by atoms with Crippen LogP contribution in [-0.4, -0.2) is 11.2 Å². The quantitative estimate of drug-likeness (QED) is 0.834. The molecule has 1 N–H and O–H groups in total. The maximum Gasteiger partial charge on any atom is 0.131 e. The fraction of sp³-hybridized carbons (Fsp3) is 0.222. The molecule has 102 valence electrons. The lowest BCUT2D eigenvalue weighted by Gasteiger charge is -2.03. The summed E-state index contributed by atoms with van der Waals surface area (Å²) in [5, 5.41) is 9.56. The van der Waals surface area contributed by atoms with Gasteiger partial charge in [-0.15, -0.1) is 0 Å². The highest BCUT2D eigenvalue weighted by Crippen LogP contribution is 2.22. The molecule has 0 fully saturated rings. The van der Waals surface area contributed by atoms with Gasteiger partial charge in [0.2, 0.25) is 0 Å². The number of halogens is 1. The molecule has 2 aromatic carbocycles. The van der Waals surface area contributed by atoms with Gasteiger partial charge in [0.15, 0.2) is 0 Å². The predicted octanol–water partition coefficient (Wildman–Crippen LogP) is 4.01. The molecule has 20 heavy (non-hydrogen) atoms. The van der Waals surface area contributed by atoms with Crippen molar-refractivity contribution in [2.75, 3.05) is 0 Å². The van der Waals surface area contributed by atoms with E-state index in [0.29, 0.717) is 12.0 Å². The number of benzene rings is 2. The molecule has 1 atom stereocenters. The summed E-state index contributed by atoms with van der Waals surface area (Å²) in [5.74, 6) is 5.50. The van der Waals surface area contributed by atoms with Gasteiger partial charge < -0.3 is 5.11 Å².